The Bertz CT molecular complexity index is 1350. The first kappa shape index (κ1) is 21.8. The monoisotopic (exact) mass is 452 g/mol. The highest BCUT2D eigenvalue weighted by Gasteiger charge is 2.36. The zero-order chi connectivity index (χ0) is 23.8. The van der Waals surface area contributed by atoms with Gasteiger partial charge in [0.25, 0.3) is 5.91 Å². The smallest absolute Gasteiger partial charge is 0.254 e. The van der Waals surface area contributed by atoms with Crippen LogP contribution in [0.25, 0.3) is 10.9 Å². The third kappa shape index (κ3) is 3.72. The maximum absolute atomic E-state index is 13.9. The number of nitriles is 2. The Morgan fingerprint density at radius 2 is 2.12 bits per heavy atom. The van der Waals surface area contributed by atoms with Crippen LogP contribution in [0.3, 0.4) is 0 Å². The van der Waals surface area contributed by atoms with Crippen LogP contribution < -0.4 is 5.73 Å². The number of amides is 1. The average molecular weight is 453 g/mol. The zero-order valence-corrected chi connectivity index (χ0v) is 18.9. The Hall–Kier alpha value is -4.01. The largest absolute Gasteiger partial charge is 0.383 e. The van der Waals surface area contributed by atoms with Crippen molar-refractivity contribution in [2.24, 2.45) is 5.92 Å². The highest BCUT2D eigenvalue weighted by atomic mass is 16.5. The number of benzene rings is 1. The minimum absolute atomic E-state index is 0.139. The number of carbonyl (C=O) groups is 1. The summed E-state index contributed by atoms with van der Waals surface area (Å²) >= 11 is 0. The molecule has 8 heteroatoms. The number of anilines is 1. The summed E-state index contributed by atoms with van der Waals surface area (Å²) in [5.74, 6) is 0.0865. The van der Waals surface area contributed by atoms with Gasteiger partial charge in [0.15, 0.2) is 0 Å². The number of nitrogens with zero attached hydrogens (tertiary/aromatic N) is 5. The highest BCUT2D eigenvalue weighted by molar-refractivity contribution is 5.99. The maximum atomic E-state index is 13.9. The second-order valence-electron chi connectivity index (χ2n) is 8.89. The van der Waals surface area contributed by atoms with E-state index in [-0.39, 0.29) is 30.5 Å². The number of fused-ring (bicyclic) bond motifs is 3. The van der Waals surface area contributed by atoms with Crippen LogP contribution in [0.2, 0.25) is 0 Å². The summed E-state index contributed by atoms with van der Waals surface area (Å²) < 4.78 is 5.79. The van der Waals surface area contributed by atoms with Gasteiger partial charge in [-0.1, -0.05) is 0 Å². The summed E-state index contributed by atoms with van der Waals surface area (Å²) in [6.45, 7) is 2.64. The third-order valence-electron chi connectivity index (χ3n) is 6.89. The molecule has 1 aromatic carbocycles. The van der Waals surface area contributed by atoms with E-state index in [0.717, 1.165) is 41.3 Å². The SMILES string of the molecule is C[C@@H]1OCc2c1c(N)nc1ccc(C(=O)N(Cc3ccc(C#N)cn3)[C@H]3CCC[C@H]3C#N)cc21. The predicted octanol–water partition coefficient (Wildman–Crippen LogP) is 4.01. The normalized spacial score (nSPS) is 21.1. The number of carbonyl (C=O) groups excluding carboxylic acids is 1. The lowest BCUT2D eigenvalue weighted by Gasteiger charge is -2.31. The molecule has 0 bridgehead atoms. The maximum Gasteiger partial charge on any atom is 0.254 e. The van der Waals surface area contributed by atoms with Gasteiger partial charge < -0.3 is 15.4 Å². The predicted molar refractivity (Wildman–Crippen MR) is 125 cm³/mol. The lowest BCUT2D eigenvalue weighted by Crippen LogP contribution is -2.41. The summed E-state index contributed by atoms with van der Waals surface area (Å²) in [5, 5.41) is 19.6. The second kappa shape index (κ2) is 8.74. The van der Waals surface area contributed by atoms with Crippen molar-refractivity contribution in [2.75, 3.05) is 5.73 Å². The van der Waals surface area contributed by atoms with E-state index in [9.17, 15) is 10.1 Å². The van der Waals surface area contributed by atoms with Gasteiger partial charge in [0, 0.05) is 28.8 Å². The molecule has 0 spiro atoms. The fraction of sp³-hybridized carbons (Fsp3) is 0.346. The molecular formula is C26H24N6O2. The van der Waals surface area contributed by atoms with Gasteiger partial charge in [-0.25, -0.2) is 4.98 Å². The number of aromatic nitrogens is 2. The molecule has 3 aromatic rings. The molecule has 1 aliphatic heterocycles. The molecule has 5 rings (SSSR count). The van der Waals surface area contributed by atoms with E-state index in [1.165, 1.54) is 6.20 Å². The molecule has 2 aliphatic rings. The lowest BCUT2D eigenvalue weighted by atomic mass is 9.98. The molecule has 0 unspecified atom stereocenters. The van der Waals surface area contributed by atoms with Crippen LogP contribution in [0.5, 0.6) is 0 Å². The Morgan fingerprint density at radius 1 is 1.26 bits per heavy atom. The van der Waals surface area contributed by atoms with Crippen molar-refractivity contribution in [3.05, 3.63) is 64.5 Å². The summed E-state index contributed by atoms with van der Waals surface area (Å²) in [7, 11) is 0. The quantitative estimate of drug-likeness (QED) is 0.633. The lowest BCUT2D eigenvalue weighted by molar-refractivity contribution is 0.0636. The van der Waals surface area contributed by atoms with Crippen LogP contribution >= 0.6 is 0 Å². The fourth-order valence-corrected chi connectivity index (χ4v) is 5.13. The van der Waals surface area contributed by atoms with E-state index >= 15 is 0 Å². The van der Waals surface area contributed by atoms with E-state index in [4.69, 9.17) is 15.7 Å². The summed E-state index contributed by atoms with van der Waals surface area (Å²) in [6, 6.07) is 13.1. The highest BCUT2D eigenvalue weighted by Crippen LogP contribution is 2.38. The van der Waals surface area contributed by atoms with E-state index in [1.54, 1.807) is 23.1 Å². The van der Waals surface area contributed by atoms with Crippen LogP contribution in [0.1, 0.15) is 65.0 Å². The fourth-order valence-electron chi connectivity index (χ4n) is 5.13. The summed E-state index contributed by atoms with van der Waals surface area (Å²) in [4.78, 5) is 24.5. The number of hydrogen-bond acceptors (Lipinski definition) is 7. The summed E-state index contributed by atoms with van der Waals surface area (Å²) in [6.07, 6.45) is 3.81. The Kier molecular flexibility index (Phi) is 5.61. The molecule has 2 aromatic heterocycles. The van der Waals surface area contributed by atoms with Gasteiger partial charge in [-0.3, -0.25) is 9.78 Å². The van der Waals surface area contributed by atoms with Crippen LogP contribution in [-0.4, -0.2) is 26.8 Å². The van der Waals surface area contributed by atoms with Crippen molar-refractivity contribution in [1.82, 2.24) is 14.9 Å². The number of pyridine rings is 2. The van der Waals surface area contributed by atoms with Gasteiger partial charge in [-0.05, 0) is 62.1 Å². The van der Waals surface area contributed by atoms with Crippen molar-refractivity contribution >= 4 is 22.6 Å². The number of nitrogens with two attached hydrogens (primary N) is 1. The Balaban J connectivity index is 1.54. The Labute approximate surface area is 197 Å². The zero-order valence-electron chi connectivity index (χ0n) is 18.9. The summed E-state index contributed by atoms with van der Waals surface area (Å²) in [5.41, 5.74) is 10.4. The molecule has 1 aliphatic carbocycles. The first-order valence-corrected chi connectivity index (χ1v) is 11.4. The average Bonchev–Trinajstić information content (AvgIpc) is 3.49. The minimum Gasteiger partial charge on any atom is -0.383 e. The van der Waals surface area contributed by atoms with Gasteiger partial charge >= 0.3 is 0 Å². The molecule has 1 amide bonds. The van der Waals surface area contributed by atoms with Gasteiger partial charge in [-0.2, -0.15) is 10.5 Å². The van der Waals surface area contributed by atoms with Gasteiger partial charge in [0.2, 0.25) is 0 Å². The van der Waals surface area contributed by atoms with Crippen molar-refractivity contribution in [2.45, 2.75) is 51.5 Å². The number of rotatable bonds is 4. The standard InChI is InChI=1S/C26H24N6O2/c1-15-24-21(14-34-15)20-9-17(6-8-22(20)31-25(24)29)26(33)32(23-4-2-3-18(23)11-28)13-19-7-5-16(10-27)12-30-19/h5-9,12,15,18,23H,2-4,13-14H2,1H3,(H2,29,31)/t15-,18-,23-/m0/s1. The van der Waals surface area contributed by atoms with E-state index in [1.807, 2.05) is 19.1 Å². The third-order valence-corrected chi connectivity index (χ3v) is 6.89. The van der Waals surface area contributed by atoms with E-state index < -0.39 is 0 Å². The molecule has 3 atom stereocenters. The molecule has 0 saturated heterocycles. The second-order valence-corrected chi connectivity index (χ2v) is 8.89. The van der Waals surface area contributed by atoms with Gasteiger partial charge in [-0.15, -0.1) is 0 Å². The van der Waals surface area contributed by atoms with Gasteiger partial charge in [0.05, 0.1) is 48.0 Å². The first-order chi connectivity index (χ1) is 16.5. The number of hydrogen-bond donors (Lipinski definition) is 1. The molecule has 2 N–H and O–H groups in total. The van der Waals surface area contributed by atoms with E-state index in [0.29, 0.717) is 29.2 Å². The van der Waals surface area contributed by atoms with Crippen LogP contribution in [-0.2, 0) is 17.9 Å². The first-order valence-electron chi connectivity index (χ1n) is 11.4. The minimum atomic E-state index is -0.220. The topological polar surface area (TPSA) is 129 Å². The van der Waals surface area contributed by atoms with Crippen molar-refractivity contribution < 1.29 is 9.53 Å². The molecule has 1 fully saturated rings. The number of nitrogen functional groups attached to an aromatic ring is 1. The number of ether oxygens (including phenoxy) is 1. The molecule has 1 saturated carbocycles. The molecule has 170 valence electrons. The molecule has 3 heterocycles. The van der Waals surface area contributed by atoms with Crippen LogP contribution in [0.4, 0.5) is 5.82 Å². The molecule has 8 nitrogen and oxygen atoms in total. The van der Waals surface area contributed by atoms with E-state index in [2.05, 4.69) is 22.1 Å². The van der Waals surface area contributed by atoms with Crippen LogP contribution in [0, 0.1) is 28.6 Å². The molecule has 0 radical (unpaired) electrons. The van der Waals surface area contributed by atoms with Crippen molar-refractivity contribution in [3.8, 4) is 12.1 Å². The van der Waals surface area contributed by atoms with Crippen molar-refractivity contribution in [3.63, 3.8) is 0 Å². The van der Waals surface area contributed by atoms with Crippen LogP contribution in [0.15, 0.2) is 36.5 Å². The van der Waals surface area contributed by atoms with Crippen molar-refractivity contribution in [1.29, 1.82) is 10.5 Å². The molecule has 34 heavy (non-hydrogen) atoms. The molecular weight excluding hydrogens is 428 g/mol. The Morgan fingerprint density at radius 3 is 2.85 bits per heavy atom. The van der Waals surface area contributed by atoms with Gasteiger partial charge in [0.1, 0.15) is 11.9 Å².